The molecule has 5 fully saturated rings. The molecule has 0 spiro atoms. The molecule has 14 heteroatoms. The molecule has 0 radical (unpaired) electrons. The van der Waals surface area contributed by atoms with Gasteiger partial charge in [-0.15, -0.1) is 23.4 Å². The standard InChI is InChI=1S/C26H43ClF2N6O4S/c1-12-6-14(15-7-21(27)31-9-19(15)38-2)16(8-30-12)23(36)34-26-33-18-10-35(11-20(18)40-26)25(37)13-4-5-17(22(28)29)32-24(13)39-3/h12-22,24,26,30-33H,4-11H2,1-3H3,(H,34,36). The van der Waals surface area contributed by atoms with E-state index in [1.807, 2.05) is 4.90 Å². The van der Waals surface area contributed by atoms with E-state index >= 15 is 0 Å². The van der Waals surface area contributed by atoms with Crippen LogP contribution in [0, 0.1) is 23.7 Å². The topological polar surface area (TPSA) is 116 Å². The summed E-state index contributed by atoms with van der Waals surface area (Å²) in [6.45, 7) is 4.50. The molecule has 0 aromatic heterocycles. The van der Waals surface area contributed by atoms with Crippen molar-refractivity contribution in [3.05, 3.63) is 0 Å². The average molecular weight is 609 g/mol. The van der Waals surface area contributed by atoms with E-state index in [1.165, 1.54) is 7.11 Å². The summed E-state index contributed by atoms with van der Waals surface area (Å²) in [7, 11) is 3.16. The number of thioether (sulfide) groups is 1. The number of ether oxygens (including phenoxy) is 2. The fraction of sp³-hybridized carbons (Fsp3) is 0.923. The molecular weight excluding hydrogens is 566 g/mol. The van der Waals surface area contributed by atoms with Crippen molar-refractivity contribution in [1.82, 2.24) is 31.5 Å². The fourth-order valence-corrected chi connectivity index (χ4v) is 8.99. The predicted molar refractivity (Wildman–Crippen MR) is 149 cm³/mol. The summed E-state index contributed by atoms with van der Waals surface area (Å²) < 4.78 is 37.5. The smallest absolute Gasteiger partial charge is 0.253 e. The Morgan fingerprint density at radius 2 is 1.82 bits per heavy atom. The summed E-state index contributed by atoms with van der Waals surface area (Å²) >= 11 is 8.10. The van der Waals surface area contributed by atoms with E-state index in [9.17, 15) is 18.4 Å². The third-order valence-corrected chi connectivity index (χ3v) is 11.1. The van der Waals surface area contributed by atoms with E-state index < -0.39 is 24.6 Å². The van der Waals surface area contributed by atoms with Gasteiger partial charge in [-0.25, -0.2) is 8.78 Å². The van der Waals surface area contributed by atoms with Gasteiger partial charge in [-0.2, -0.15) is 0 Å². The van der Waals surface area contributed by atoms with E-state index in [2.05, 4.69) is 33.5 Å². The molecule has 0 aliphatic carbocycles. The highest BCUT2D eigenvalue weighted by Crippen LogP contribution is 2.39. The molecule has 10 nitrogen and oxygen atoms in total. The predicted octanol–water partition coefficient (Wildman–Crippen LogP) is 0.711. The maximum atomic E-state index is 13.6. The molecule has 5 rings (SSSR count). The van der Waals surface area contributed by atoms with Crippen molar-refractivity contribution in [2.75, 3.05) is 40.4 Å². The first-order valence-electron chi connectivity index (χ1n) is 14.4. The molecule has 0 saturated carbocycles. The van der Waals surface area contributed by atoms with Crippen LogP contribution in [0.15, 0.2) is 0 Å². The van der Waals surface area contributed by atoms with Crippen molar-refractivity contribution in [3.63, 3.8) is 0 Å². The van der Waals surface area contributed by atoms with Crippen LogP contribution in [0.25, 0.3) is 0 Å². The number of alkyl halides is 3. The molecule has 5 N–H and O–H groups in total. The van der Waals surface area contributed by atoms with Crippen molar-refractivity contribution < 1.29 is 27.8 Å². The number of carbonyl (C=O) groups excluding carboxylic acids is 2. The number of likely N-dealkylation sites (tertiary alicyclic amines) is 1. The molecule has 40 heavy (non-hydrogen) atoms. The minimum atomic E-state index is -2.49. The van der Waals surface area contributed by atoms with E-state index in [-0.39, 0.29) is 64.4 Å². The molecule has 228 valence electrons. The summed E-state index contributed by atoms with van der Waals surface area (Å²) in [5, 5.41) is 16.4. The highest BCUT2D eigenvalue weighted by molar-refractivity contribution is 8.00. The highest BCUT2D eigenvalue weighted by Gasteiger charge is 2.48. The number of methoxy groups -OCH3 is 2. The normalized spacial score (nSPS) is 44.0. The second kappa shape index (κ2) is 13.2. The van der Waals surface area contributed by atoms with Crippen LogP contribution in [-0.4, -0.2) is 110 Å². The second-order valence-corrected chi connectivity index (χ2v) is 13.8. The van der Waals surface area contributed by atoms with Crippen molar-refractivity contribution in [2.45, 2.75) is 85.7 Å². The Morgan fingerprint density at radius 3 is 2.52 bits per heavy atom. The zero-order chi connectivity index (χ0) is 28.6. The van der Waals surface area contributed by atoms with Crippen LogP contribution < -0.4 is 26.6 Å². The van der Waals surface area contributed by atoms with E-state index in [4.69, 9.17) is 21.1 Å². The molecule has 2 amide bonds. The molecule has 12 unspecified atom stereocenters. The molecule has 5 aliphatic rings. The van der Waals surface area contributed by atoms with Crippen LogP contribution in [0.5, 0.6) is 0 Å². The van der Waals surface area contributed by atoms with Crippen LogP contribution in [0.4, 0.5) is 8.78 Å². The fourth-order valence-electron chi connectivity index (χ4n) is 7.29. The second-order valence-electron chi connectivity index (χ2n) is 11.9. The van der Waals surface area contributed by atoms with E-state index in [1.54, 1.807) is 18.9 Å². The molecular formula is C26H43ClF2N6O4S. The van der Waals surface area contributed by atoms with Gasteiger partial charge in [-0.3, -0.25) is 25.5 Å². The average Bonchev–Trinajstić information content (AvgIpc) is 3.51. The Kier molecular flexibility index (Phi) is 10.1. The monoisotopic (exact) mass is 608 g/mol. The minimum absolute atomic E-state index is 0.0146. The number of piperidine rings is 3. The van der Waals surface area contributed by atoms with E-state index in [0.717, 1.165) is 12.8 Å². The number of hydrogen-bond donors (Lipinski definition) is 5. The lowest BCUT2D eigenvalue weighted by atomic mass is 9.70. The Labute approximate surface area is 244 Å². The zero-order valence-corrected chi connectivity index (χ0v) is 24.9. The van der Waals surface area contributed by atoms with Gasteiger partial charge in [-0.05, 0) is 44.4 Å². The number of nitrogens with zero attached hydrogens (tertiary/aromatic N) is 1. The van der Waals surface area contributed by atoms with Gasteiger partial charge in [0, 0.05) is 57.7 Å². The SMILES string of the molecule is COC1CNC(Cl)CC1C1CC(C)NCC1C(=O)NC1NC2CN(C(=O)C3CCC(C(F)F)NC3OC)CC2S1. The number of rotatable bonds is 7. The molecule has 12 atom stereocenters. The lowest BCUT2D eigenvalue weighted by Gasteiger charge is -2.45. The van der Waals surface area contributed by atoms with Crippen molar-refractivity contribution in [2.24, 2.45) is 23.7 Å². The maximum absolute atomic E-state index is 13.6. The van der Waals surface area contributed by atoms with Gasteiger partial charge < -0.3 is 25.0 Å². The quantitative estimate of drug-likeness (QED) is 0.211. The van der Waals surface area contributed by atoms with Gasteiger partial charge in [-0.1, -0.05) is 0 Å². The van der Waals surface area contributed by atoms with Gasteiger partial charge in [0.2, 0.25) is 11.8 Å². The van der Waals surface area contributed by atoms with Crippen LogP contribution in [-0.2, 0) is 19.1 Å². The molecule has 5 aliphatic heterocycles. The van der Waals surface area contributed by atoms with Gasteiger partial charge in [0.25, 0.3) is 6.43 Å². The van der Waals surface area contributed by atoms with Crippen LogP contribution >= 0.6 is 23.4 Å². The Balaban J connectivity index is 1.15. The van der Waals surface area contributed by atoms with Gasteiger partial charge in [0.05, 0.1) is 29.5 Å². The Bertz CT molecular complexity index is 899. The summed E-state index contributed by atoms with van der Waals surface area (Å²) in [4.78, 5) is 28.7. The molecule has 5 heterocycles. The number of carbonyl (C=O) groups is 2. The summed E-state index contributed by atoms with van der Waals surface area (Å²) in [6.07, 6.45) is -0.953. The first kappa shape index (κ1) is 30.7. The highest BCUT2D eigenvalue weighted by atomic mass is 35.5. The van der Waals surface area contributed by atoms with Crippen LogP contribution in [0.1, 0.15) is 32.6 Å². The van der Waals surface area contributed by atoms with Gasteiger partial charge in [0.1, 0.15) is 11.7 Å². The van der Waals surface area contributed by atoms with Crippen molar-refractivity contribution >= 4 is 35.2 Å². The summed E-state index contributed by atoms with van der Waals surface area (Å²) in [5.74, 6) is -0.377. The van der Waals surface area contributed by atoms with Gasteiger partial charge >= 0.3 is 0 Å². The number of hydrogen-bond acceptors (Lipinski definition) is 9. The summed E-state index contributed by atoms with van der Waals surface area (Å²) in [6, 6.07) is -0.595. The number of fused-ring (bicyclic) bond motifs is 1. The maximum Gasteiger partial charge on any atom is 0.253 e. The largest absolute Gasteiger partial charge is 0.380 e. The number of amides is 2. The first-order chi connectivity index (χ1) is 19.2. The van der Waals surface area contributed by atoms with Crippen LogP contribution in [0.3, 0.4) is 0 Å². The summed E-state index contributed by atoms with van der Waals surface area (Å²) in [5.41, 5.74) is -0.363. The van der Waals surface area contributed by atoms with Crippen LogP contribution in [0.2, 0.25) is 0 Å². The molecule has 0 aromatic rings. The van der Waals surface area contributed by atoms with E-state index in [0.29, 0.717) is 38.6 Å². The molecule has 5 saturated heterocycles. The van der Waals surface area contributed by atoms with Gasteiger partial charge in [0.15, 0.2) is 0 Å². The number of nitrogens with one attached hydrogen (secondary N) is 5. The lowest BCUT2D eigenvalue weighted by Crippen LogP contribution is -2.57. The Hall–Kier alpha value is -0.800. The Morgan fingerprint density at radius 1 is 1.02 bits per heavy atom. The molecule has 0 bridgehead atoms. The zero-order valence-electron chi connectivity index (χ0n) is 23.3. The number of halogens is 3. The minimum Gasteiger partial charge on any atom is -0.380 e. The first-order valence-corrected chi connectivity index (χ1v) is 15.8. The lowest BCUT2D eigenvalue weighted by molar-refractivity contribution is -0.144. The van der Waals surface area contributed by atoms with Crippen molar-refractivity contribution in [3.8, 4) is 0 Å². The van der Waals surface area contributed by atoms with Crippen molar-refractivity contribution in [1.29, 1.82) is 0 Å². The third-order valence-electron chi connectivity index (χ3n) is 9.45. The molecule has 0 aromatic carbocycles. The third kappa shape index (κ3) is 6.56.